The van der Waals surface area contributed by atoms with Crippen molar-refractivity contribution in [2.45, 2.75) is 23.0 Å². The fourth-order valence-corrected chi connectivity index (χ4v) is 3.37. The maximum absolute atomic E-state index is 10.8. The molecule has 1 aliphatic rings. The number of carbonyl (C=O) groups is 1. The molecule has 1 saturated carbocycles. The van der Waals surface area contributed by atoms with E-state index in [1.165, 1.54) is 0 Å². The molecule has 76 valence electrons. The molecule has 0 saturated heterocycles. The van der Waals surface area contributed by atoms with Crippen LogP contribution in [0.25, 0.3) is 0 Å². The molecule has 0 heterocycles. The number of hydrogen-bond acceptors (Lipinski definition) is 1. The Bertz CT molecular complexity index is 230. The van der Waals surface area contributed by atoms with E-state index in [0.717, 1.165) is 0 Å². The molecule has 1 N–H and O–H groups in total. The fourth-order valence-electron chi connectivity index (χ4n) is 1.90. The van der Waals surface area contributed by atoms with Crippen LogP contribution < -0.4 is 0 Å². The van der Waals surface area contributed by atoms with Crippen molar-refractivity contribution >= 4 is 49.4 Å². The smallest absolute Gasteiger partial charge is 0.307 e. The normalized spacial score (nSPS) is 35.2. The van der Waals surface area contributed by atoms with Crippen LogP contribution >= 0.6 is 43.5 Å². The summed E-state index contributed by atoms with van der Waals surface area (Å²) in [6.07, 6.45) is 0. The monoisotopic (exact) mass is 332 g/mol. The number of halogens is 3. The predicted molar refractivity (Wildman–Crippen MR) is 59.7 cm³/mol. The van der Waals surface area contributed by atoms with Crippen LogP contribution in [0.15, 0.2) is 0 Å². The molecule has 4 unspecified atom stereocenters. The Morgan fingerprint density at radius 3 is 2.23 bits per heavy atom. The van der Waals surface area contributed by atoms with E-state index in [4.69, 9.17) is 16.7 Å². The van der Waals surface area contributed by atoms with Crippen molar-refractivity contribution in [2.24, 2.45) is 17.3 Å². The van der Waals surface area contributed by atoms with Crippen molar-refractivity contribution in [3.05, 3.63) is 0 Å². The molecule has 0 spiro atoms. The Hall–Kier alpha value is 0.720. The lowest BCUT2D eigenvalue weighted by atomic mass is 10.1. The lowest BCUT2D eigenvalue weighted by Crippen LogP contribution is -2.14. The van der Waals surface area contributed by atoms with Gasteiger partial charge >= 0.3 is 5.97 Å². The number of carboxylic acid groups (broad SMARTS) is 1. The molecule has 4 atom stereocenters. The second-order valence-corrected chi connectivity index (χ2v) is 6.98. The van der Waals surface area contributed by atoms with E-state index < -0.39 is 5.97 Å². The summed E-state index contributed by atoms with van der Waals surface area (Å²) in [4.78, 5) is 10.8. The third kappa shape index (κ3) is 2.05. The van der Waals surface area contributed by atoms with Gasteiger partial charge in [-0.25, -0.2) is 0 Å². The zero-order valence-electron chi connectivity index (χ0n) is 7.30. The zero-order valence-corrected chi connectivity index (χ0v) is 11.2. The summed E-state index contributed by atoms with van der Waals surface area (Å²) >= 11 is 12.5. The second-order valence-electron chi connectivity index (χ2n) is 3.94. The highest BCUT2D eigenvalue weighted by atomic mass is 79.9. The molecule has 5 heteroatoms. The molecule has 0 radical (unpaired) electrons. The number of alkyl halides is 3. The molecule has 1 aliphatic carbocycles. The first kappa shape index (κ1) is 11.8. The van der Waals surface area contributed by atoms with Gasteiger partial charge in [0.2, 0.25) is 0 Å². The topological polar surface area (TPSA) is 37.3 Å². The lowest BCUT2D eigenvalue weighted by Gasteiger charge is -2.11. The minimum Gasteiger partial charge on any atom is -0.481 e. The van der Waals surface area contributed by atoms with Gasteiger partial charge in [0.25, 0.3) is 0 Å². The highest BCUT2D eigenvalue weighted by Gasteiger charge is 2.65. The van der Waals surface area contributed by atoms with Gasteiger partial charge in [0, 0.05) is 4.83 Å². The van der Waals surface area contributed by atoms with Crippen LogP contribution in [0.5, 0.6) is 0 Å². The summed E-state index contributed by atoms with van der Waals surface area (Å²) in [5.41, 5.74) is -0.152. The SMILES string of the molecule is CC1(C)C(C(=O)O)C1C(Br)C(Cl)Br. The number of carboxylic acids is 1. The fraction of sp³-hybridized carbons (Fsp3) is 0.875. The van der Waals surface area contributed by atoms with E-state index in [-0.39, 0.29) is 26.4 Å². The highest BCUT2D eigenvalue weighted by Crippen LogP contribution is 2.62. The van der Waals surface area contributed by atoms with E-state index in [1.54, 1.807) is 0 Å². The maximum Gasteiger partial charge on any atom is 0.307 e. The van der Waals surface area contributed by atoms with E-state index in [2.05, 4.69) is 31.9 Å². The zero-order chi connectivity index (χ0) is 10.4. The Morgan fingerprint density at radius 2 is 2.00 bits per heavy atom. The summed E-state index contributed by atoms with van der Waals surface area (Å²) in [6, 6.07) is 0. The summed E-state index contributed by atoms with van der Waals surface area (Å²) in [7, 11) is 0. The third-order valence-electron chi connectivity index (χ3n) is 2.76. The Morgan fingerprint density at radius 1 is 1.54 bits per heavy atom. The van der Waals surface area contributed by atoms with Crippen molar-refractivity contribution < 1.29 is 9.90 Å². The van der Waals surface area contributed by atoms with Crippen molar-refractivity contribution in [3.63, 3.8) is 0 Å². The van der Waals surface area contributed by atoms with Crippen LogP contribution in [0, 0.1) is 17.3 Å². The van der Waals surface area contributed by atoms with E-state index in [9.17, 15) is 4.79 Å². The molecule has 1 fully saturated rings. The van der Waals surface area contributed by atoms with Crippen LogP contribution in [0.4, 0.5) is 0 Å². The van der Waals surface area contributed by atoms with Crippen molar-refractivity contribution in [1.82, 2.24) is 0 Å². The minimum absolute atomic E-state index is 0.00488. The van der Waals surface area contributed by atoms with E-state index >= 15 is 0 Å². The second kappa shape index (κ2) is 3.70. The Kier molecular flexibility index (Phi) is 3.36. The molecule has 0 aromatic rings. The van der Waals surface area contributed by atoms with Crippen molar-refractivity contribution in [2.75, 3.05) is 0 Å². The largest absolute Gasteiger partial charge is 0.481 e. The van der Waals surface area contributed by atoms with Gasteiger partial charge < -0.3 is 5.11 Å². The van der Waals surface area contributed by atoms with Crippen LogP contribution in [0.3, 0.4) is 0 Å². The van der Waals surface area contributed by atoms with Gasteiger partial charge in [-0.15, -0.1) is 11.6 Å². The Balaban J connectivity index is 2.70. The van der Waals surface area contributed by atoms with Gasteiger partial charge in [0.15, 0.2) is 0 Å². The molecule has 0 amide bonds. The van der Waals surface area contributed by atoms with Crippen LogP contribution in [0.1, 0.15) is 13.8 Å². The van der Waals surface area contributed by atoms with Gasteiger partial charge in [-0.2, -0.15) is 0 Å². The van der Waals surface area contributed by atoms with E-state index in [1.807, 2.05) is 13.8 Å². The summed E-state index contributed by atoms with van der Waals surface area (Å²) in [5, 5.41) is 8.91. The predicted octanol–water partition coefficient (Wildman–Crippen LogP) is 3.07. The maximum atomic E-state index is 10.8. The van der Waals surface area contributed by atoms with Crippen LogP contribution in [-0.4, -0.2) is 20.2 Å². The Labute approximate surface area is 99.3 Å². The molecule has 0 aromatic heterocycles. The molecule has 0 aromatic carbocycles. The molecule has 1 rings (SSSR count). The summed E-state index contributed by atoms with van der Waals surface area (Å²) in [6.45, 7) is 3.91. The van der Waals surface area contributed by atoms with Gasteiger partial charge in [-0.05, 0) is 11.3 Å². The first-order chi connectivity index (χ1) is 5.80. The van der Waals surface area contributed by atoms with Gasteiger partial charge in [-0.1, -0.05) is 45.7 Å². The summed E-state index contributed by atoms with van der Waals surface area (Å²) < 4.78 is -0.221. The van der Waals surface area contributed by atoms with Gasteiger partial charge in [0.05, 0.1) is 5.92 Å². The molecule has 2 nitrogen and oxygen atoms in total. The van der Waals surface area contributed by atoms with Gasteiger partial charge in [-0.3, -0.25) is 4.79 Å². The molecule has 0 aliphatic heterocycles. The third-order valence-corrected chi connectivity index (χ3v) is 5.71. The lowest BCUT2D eigenvalue weighted by molar-refractivity contribution is -0.139. The molecular weight excluding hydrogens is 323 g/mol. The average Bonchev–Trinajstić information content (AvgIpc) is 2.51. The van der Waals surface area contributed by atoms with Crippen molar-refractivity contribution in [1.29, 1.82) is 0 Å². The first-order valence-corrected chi connectivity index (χ1v) is 6.22. The number of hydrogen-bond donors (Lipinski definition) is 1. The minimum atomic E-state index is -0.732. The number of aliphatic carboxylic acids is 1. The molecule has 13 heavy (non-hydrogen) atoms. The molecule has 0 bridgehead atoms. The number of rotatable bonds is 3. The average molecular weight is 334 g/mol. The van der Waals surface area contributed by atoms with Gasteiger partial charge in [0.1, 0.15) is 4.29 Å². The molecular formula is C8H11Br2ClO2. The summed E-state index contributed by atoms with van der Waals surface area (Å²) in [5.74, 6) is -0.910. The van der Waals surface area contributed by atoms with Crippen molar-refractivity contribution in [3.8, 4) is 0 Å². The van der Waals surface area contributed by atoms with Crippen LogP contribution in [-0.2, 0) is 4.79 Å². The van der Waals surface area contributed by atoms with E-state index in [0.29, 0.717) is 0 Å². The highest BCUT2D eigenvalue weighted by molar-refractivity contribution is 9.12. The first-order valence-electron chi connectivity index (χ1n) is 3.95. The van der Waals surface area contributed by atoms with Crippen LogP contribution in [0.2, 0.25) is 0 Å². The quantitative estimate of drug-likeness (QED) is 0.806. The standard InChI is InChI=1S/C8H11Br2ClO2/c1-8(2)3(4(8)7(12)13)5(9)6(10)11/h3-6H,1-2H3,(H,12,13).